The van der Waals surface area contributed by atoms with Gasteiger partial charge < -0.3 is 9.88 Å². The molecule has 0 aliphatic carbocycles. The number of nitriles is 1. The number of nitrogens with one attached hydrogen (secondary N) is 1. The molecule has 2 aromatic carbocycles. The molecule has 1 atom stereocenters. The molecule has 0 spiro atoms. The van der Waals surface area contributed by atoms with E-state index in [1.165, 1.54) is 0 Å². The molecular weight excluding hydrogens is 417 g/mol. The van der Waals surface area contributed by atoms with Gasteiger partial charge in [-0.15, -0.1) is 0 Å². The van der Waals surface area contributed by atoms with Crippen molar-refractivity contribution in [2.24, 2.45) is 0 Å². The Labute approximate surface area is 186 Å². The molecule has 3 aromatic rings. The molecule has 0 saturated heterocycles. The summed E-state index contributed by atoms with van der Waals surface area (Å²) in [7, 11) is 0. The summed E-state index contributed by atoms with van der Waals surface area (Å²) in [4.78, 5) is 12.7. The van der Waals surface area contributed by atoms with Crippen LogP contribution >= 0.6 is 23.2 Å². The van der Waals surface area contributed by atoms with Crippen LogP contribution in [0.15, 0.2) is 60.2 Å². The first kappa shape index (κ1) is 21.7. The normalized spacial score (nSPS) is 12.3. The van der Waals surface area contributed by atoms with Crippen LogP contribution in [0, 0.1) is 25.2 Å². The molecule has 0 radical (unpaired) electrons. The molecule has 1 amide bonds. The van der Waals surface area contributed by atoms with Gasteiger partial charge in [0.25, 0.3) is 5.91 Å². The van der Waals surface area contributed by atoms with Gasteiger partial charge in [0.1, 0.15) is 11.6 Å². The predicted molar refractivity (Wildman–Crippen MR) is 122 cm³/mol. The summed E-state index contributed by atoms with van der Waals surface area (Å²) in [6.07, 6.45) is 1.61. The summed E-state index contributed by atoms with van der Waals surface area (Å²) in [5.41, 5.74) is 4.51. The number of aromatic nitrogens is 1. The Morgan fingerprint density at radius 2 is 1.80 bits per heavy atom. The molecule has 1 N–H and O–H groups in total. The van der Waals surface area contributed by atoms with Crippen molar-refractivity contribution in [3.05, 3.63) is 92.7 Å². The number of hydrogen-bond acceptors (Lipinski definition) is 2. The van der Waals surface area contributed by atoms with Crippen LogP contribution < -0.4 is 5.32 Å². The molecule has 0 saturated carbocycles. The number of aryl methyl sites for hydroxylation is 1. The summed E-state index contributed by atoms with van der Waals surface area (Å²) < 4.78 is 2.01. The zero-order valence-electron chi connectivity index (χ0n) is 16.9. The number of amides is 1. The predicted octanol–water partition coefficient (Wildman–Crippen LogP) is 6.19. The second kappa shape index (κ2) is 9.21. The van der Waals surface area contributed by atoms with Gasteiger partial charge in [0.05, 0.1) is 16.1 Å². The lowest BCUT2D eigenvalue weighted by atomic mass is 10.1. The van der Waals surface area contributed by atoms with Crippen LogP contribution in [0.4, 0.5) is 0 Å². The number of carbonyl (C=O) groups excluding carboxylic acids is 1. The fourth-order valence-corrected chi connectivity index (χ4v) is 3.65. The number of benzene rings is 2. The Morgan fingerprint density at radius 3 is 2.43 bits per heavy atom. The van der Waals surface area contributed by atoms with Crippen molar-refractivity contribution in [1.82, 2.24) is 9.88 Å². The molecule has 30 heavy (non-hydrogen) atoms. The number of carbonyl (C=O) groups is 1. The van der Waals surface area contributed by atoms with Gasteiger partial charge in [-0.1, -0.05) is 53.5 Å². The van der Waals surface area contributed by atoms with E-state index >= 15 is 0 Å². The van der Waals surface area contributed by atoms with Crippen LogP contribution in [0.3, 0.4) is 0 Å². The van der Waals surface area contributed by atoms with Crippen molar-refractivity contribution in [1.29, 1.82) is 5.26 Å². The molecule has 0 aliphatic heterocycles. The minimum atomic E-state index is -0.409. The van der Waals surface area contributed by atoms with E-state index in [4.69, 9.17) is 23.2 Å². The summed E-state index contributed by atoms with van der Waals surface area (Å²) in [6.45, 7) is 5.77. The average molecular weight is 438 g/mol. The molecule has 4 nitrogen and oxygen atoms in total. The number of hydrogen-bond donors (Lipinski definition) is 1. The first-order valence-electron chi connectivity index (χ1n) is 9.43. The second-order valence-electron chi connectivity index (χ2n) is 7.04. The van der Waals surface area contributed by atoms with E-state index in [-0.39, 0.29) is 11.6 Å². The van der Waals surface area contributed by atoms with Gasteiger partial charge >= 0.3 is 0 Å². The summed E-state index contributed by atoms with van der Waals surface area (Å²) >= 11 is 12.2. The van der Waals surface area contributed by atoms with Crippen LogP contribution in [-0.4, -0.2) is 10.5 Å². The first-order valence-corrected chi connectivity index (χ1v) is 10.2. The Kier molecular flexibility index (Phi) is 6.66. The highest BCUT2D eigenvalue weighted by Gasteiger charge is 2.16. The second-order valence-corrected chi connectivity index (χ2v) is 7.85. The maximum absolute atomic E-state index is 12.7. The van der Waals surface area contributed by atoms with E-state index in [0.29, 0.717) is 10.0 Å². The zero-order valence-corrected chi connectivity index (χ0v) is 18.4. The van der Waals surface area contributed by atoms with Crippen LogP contribution in [-0.2, 0) is 4.79 Å². The molecule has 152 valence electrons. The van der Waals surface area contributed by atoms with Gasteiger partial charge in [-0.3, -0.25) is 4.79 Å². The minimum Gasteiger partial charge on any atom is -0.345 e. The number of nitrogens with zero attached hydrogens (tertiary/aromatic N) is 2. The average Bonchev–Trinajstić information content (AvgIpc) is 3.01. The van der Waals surface area contributed by atoms with Gasteiger partial charge in [-0.25, -0.2) is 0 Å². The lowest BCUT2D eigenvalue weighted by Crippen LogP contribution is -2.27. The van der Waals surface area contributed by atoms with Crippen molar-refractivity contribution in [2.75, 3.05) is 0 Å². The van der Waals surface area contributed by atoms with E-state index in [0.717, 1.165) is 28.2 Å². The Hall–Kier alpha value is -3.00. The molecule has 1 aromatic heterocycles. The standard InChI is InChI=1S/C24H21Cl2N3O/c1-15-11-19(17(3)29(15)21-9-10-22(25)23(26)13-21)12-20(14-27)24(30)28-16(2)18-7-5-4-6-8-18/h4-13,16H,1-3H3,(H,28,30)/b20-12+/t16-/m0/s1. The van der Waals surface area contributed by atoms with Gasteiger partial charge in [-0.2, -0.15) is 5.26 Å². The third-order valence-electron chi connectivity index (χ3n) is 4.94. The highest BCUT2D eigenvalue weighted by Crippen LogP contribution is 2.28. The van der Waals surface area contributed by atoms with E-state index in [9.17, 15) is 10.1 Å². The summed E-state index contributed by atoms with van der Waals surface area (Å²) in [5.74, 6) is -0.409. The quantitative estimate of drug-likeness (QED) is 0.382. The molecule has 0 fully saturated rings. The first-order chi connectivity index (χ1) is 14.3. The minimum absolute atomic E-state index is 0.0483. The van der Waals surface area contributed by atoms with Crippen molar-refractivity contribution < 1.29 is 4.79 Å². The monoisotopic (exact) mass is 437 g/mol. The molecule has 3 rings (SSSR count). The van der Waals surface area contributed by atoms with Gasteiger partial charge in [-0.05, 0) is 62.2 Å². The molecule has 0 bridgehead atoms. The van der Waals surface area contributed by atoms with Crippen LogP contribution in [0.2, 0.25) is 10.0 Å². The SMILES string of the molecule is Cc1cc(/C=C(\C#N)C(=O)N[C@@H](C)c2ccccc2)c(C)n1-c1ccc(Cl)c(Cl)c1. The lowest BCUT2D eigenvalue weighted by Gasteiger charge is -2.14. The van der Waals surface area contributed by atoms with Crippen molar-refractivity contribution in [3.8, 4) is 11.8 Å². The van der Waals surface area contributed by atoms with E-state index in [2.05, 4.69) is 5.32 Å². The Morgan fingerprint density at radius 1 is 1.10 bits per heavy atom. The third kappa shape index (κ3) is 4.59. The fraction of sp³-hybridized carbons (Fsp3) is 0.167. The topological polar surface area (TPSA) is 57.8 Å². The highest BCUT2D eigenvalue weighted by molar-refractivity contribution is 6.42. The molecule has 0 unspecified atom stereocenters. The van der Waals surface area contributed by atoms with Gasteiger partial charge in [0.15, 0.2) is 0 Å². The fourth-order valence-electron chi connectivity index (χ4n) is 3.36. The maximum Gasteiger partial charge on any atom is 0.262 e. The van der Waals surface area contributed by atoms with Crippen molar-refractivity contribution in [3.63, 3.8) is 0 Å². The van der Waals surface area contributed by atoms with Crippen molar-refractivity contribution >= 4 is 35.2 Å². The Balaban J connectivity index is 1.90. The van der Waals surface area contributed by atoms with E-state index < -0.39 is 5.91 Å². The maximum atomic E-state index is 12.7. The smallest absolute Gasteiger partial charge is 0.262 e. The van der Waals surface area contributed by atoms with Gasteiger partial charge in [0, 0.05) is 17.1 Å². The largest absolute Gasteiger partial charge is 0.345 e. The number of rotatable bonds is 5. The van der Waals surface area contributed by atoms with E-state index in [1.54, 1.807) is 18.2 Å². The van der Waals surface area contributed by atoms with Crippen LogP contribution in [0.1, 0.15) is 35.5 Å². The van der Waals surface area contributed by atoms with Crippen molar-refractivity contribution in [2.45, 2.75) is 26.8 Å². The van der Waals surface area contributed by atoms with Gasteiger partial charge in [0.2, 0.25) is 0 Å². The molecule has 0 aliphatic rings. The molecular formula is C24H21Cl2N3O. The summed E-state index contributed by atoms with van der Waals surface area (Å²) in [6, 6.07) is 18.8. The van der Waals surface area contributed by atoms with Crippen LogP contribution in [0.5, 0.6) is 0 Å². The molecule has 1 heterocycles. The highest BCUT2D eigenvalue weighted by atomic mass is 35.5. The third-order valence-corrected chi connectivity index (χ3v) is 5.68. The lowest BCUT2D eigenvalue weighted by molar-refractivity contribution is -0.117. The Bertz CT molecular complexity index is 1160. The van der Waals surface area contributed by atoms with E-state index in [1.807, 2.05) is 73.9 Å². The molecule has 6 heteroatoms. The number of halogens is 2. The zero-order chi connectivity index (χ0) is 21.8. The van der Waals surface area contributed by atoms with Crippen LogP contribution in [0.25, 0.3) is 11.8 Å². The summed E-state index contributed by atoms with van der Waals surface area (Å²) in [5, 5.41) is 13.4.